The maximum absolute atomic E-state index is 13.0. The molecule has 0 atom stereocenters. The van der Waals surface area contributed by atoms with Crippen LogP contribution in [0.25, 0.3) is 0 Å². The van der Waals surface area contributed by atoms with Crippen molar-refractivity contribution >= 4 is 23.3 Å². The normalized spacial score (nSPS) is 10.2. The summed E-state index contributed by atoms with van der Waals surface area (Å²) in [5.74, 6) is -1.11. The van der Waals surface area contributed by atoms with Crippen LogP contribution in [-0.2, 0) is 11.3 Å². The molecular weight excluding hydrogens is 269 g/mol. The summed E-state index contributed by atoms with van der Waals surface area (Å²) < 4.78 is 18.0. The fourth-order valence-corrected chi connectivity index (χ4v) is 1.61. The largest absolute Gasteiger partial charge is 0.457 e. The summed E-state index contributed by atoms with van der Waals surface area (Å²) in [5, 5.41) is 0.612. The van der Waals surface area contributed by atoms with Crippen LogP contribution in [-0.4, -0.2) is 5.97 Å². The van der Waals surface area contributed by atoms with Crippen LogP contribution in [0.4, 0.5) is 10.1 Å². The van der Waals surface area contributed by atoms with E-state index in [1.165, 1.54) is 12.1 Å². The van der Waals surface area contributed by atoms with E-state index in [0.717, 1.165) is 11.6 Å². The maximum Gasteiger partial charge on any atom is 0.338 e. The van der Waals surface area contributed by atoms with Gasteiger partial charge in [0.25, 0.3) is 0 Å². The summed E-state index contributed by atoms with van der Waals surface area (Å²) in [7, 11) is 0. The van der Waals surface area contributed by atoms with E-state index in [9.17, 15) is 9.18 Å². The molecule has 0 bridgehead atoms. The summed E-state index contributed by atoms with van der Waals surface area (Å²) in [4.78, 5) is 11.7. The van der Waals surface area contributed by atoms with Crippen LogP contribution in [0, 0.1) is 5.82 Å². The fraction of sp³-hybridized carbons (Fsp3) is 0.0714. The summed E-state index contributed by atoms with van der Waals surface area (Å²) in [5.41, 5.74) is 6.33. The maximum atomic E-state index is 13.0. The Morgan fingerprint density at radius 1 is 1.21 bits per heavy atom. The van der Waals surface area contributed by atoms with Crippen molar-refractivity contribution in [2.75, 3.05) is 5.73 Å². The number of hydrogen-bond acceptors (Lipinski definition) is 3. The lowest BCUT2D eigenvalue weighted by molar-refractivity contribution is 0.0473. The second kappa shape index (κ2) is 5.71. The summed E-state index contributed by atoms with van der Waals surface area (Å²) >= 11 is 5.75. The first-order valence-corrected chi connectivity index (χ1v) is 5.90. The van der Waals surface area contributed by atoms with Crippen LogP contribution in [0.1, 0.15) is 15.9 Å². The van der Waals surface area contributed by atoms with Gasteiger partial charge in [-0.3, -0.25) is 0 Å². The first kappa shape index (κ1) is 13.4. The Bertz CT molecular complexity index is 599. The van der Waals surface area contributed by atoms with Gasteiger partial charge in [0.15, 0.2) is 0 Å². The number of hydrogen-bond donors (Lipinski definition) is 1. The lowest BCUT2D eigenvalue weighted by Gasteiger charge is -2.06. The number of esters is 1. The van der Waals surface area contributed by atoms with Gasteiger partial charge in [-0.15, -0.1) is 0 Å². The van der Waals surface area contributed by atoms with Crippen molar-refractivity contribution in [2.24, 2.45) is 0 Å². The highest BCUT2D eigenvalue weighted by Crippen LogP contribution is 2.15. The van der Waals surface area contributed by atoms with Gasteiger partial charge in [-0.2, -0.15) is 0 Å². The van der Waals surface area contributed by atoms with Crippen molar-refractivity contribution in [3.05, 3.63) is 64.4 Å². The summed E-state index contributed by atoms with van der Waals surface area (Å²) in [6.07, 6.45) is 0. The Labute approximate surface area is 114 Å². The van der Waals surface area contributed by atoms with E-state index in [0.29, 0.717) is 5.02 Å². The second-order valence-corrected chi connectivity index (χ2v) is 4.38. The van der Waals surface area contributed by atoms with Crippen LogP contribution in [0.3, 0.4) is 0 Å². The van der Waals surface area contributed by atoms with Crippen molar-refractivity contribution in [1.29, 1.82) is 0 Å². The molecule has 0 aliphatic carbocycles. The number of halogens is 2. The number of nitrogens with two attached hydrogens (primary N) is 1. The quantitative estimate of drug-likeness (QED) is 0.692. The third kappa shape index (κ3) is 3.45. The topological polar surface area (TPSA) is 52.3 Å². The Balaban J connectivity index is 2.01. The lowest BCUT2D eigenvalue weighted by Crippen LogP contribution is -2.06. The molecule has 0 aliphatic heterocycles. The van der Waals surface area contributed by atoms with Crippen molar-refractivity contribution in [3.63, 3.8) is 0 Å². The number of carbonyl (C=O) groups is 1. The first-order chi connectivity index (χ1) is 9.06. The fourth-order valence-electron chi connectivity index (χ4n) is 1.48. The van der Waals surface area contributed by atoms with Gasteiger partial charge >= 0.3 is 5.97 Å². The van der Waals surface area contributed by atoms with E-state index >= 15 is 0 Å². The van der Waals surface area contributed by atoms with E-state index < -0.39 is 11.8 Å². The molecule has 0 unspecified atom stereocenters. The van der Waals surface area contributed by atoms with E-state index in [2.05, 4.69) is 0 Å². The number of ether oxygens (including phenoxy) is 1. The number of nitrogen functional groups attached to an aromatic ring is 1. The molecule has 2 rings (SSSR count). The number of carbonyl (C=O) groups excluding carboxylic acids is 1. The minimum absolute atomic E-state index is 0.0825. The lowest BCUT2D eigenvalue weighted by atomic mass is 10.2. The highest BCUT2D eigenvalue weighted by molar-refractivity contribution is 6.30. The predicted octanol–water partition coefficient (Wildman–Crippen LogP) is 3.42. The molecule has 2 aromatic rings. The van der Waals surface area contributed by atoms with E-state index in [1.807, 2.05) is 0 Å². The minimum Gasteiger partial charge on any atom is -0.457 e. The third-order valence-electron chi connectivity index (χ3n) is 2.51. The molecule has 5 heteroatoms. The SMILES string of the molecule is Nc1cc(C(=O)OCc2ccc(Cl)cc2)ccc1F. The van der Waals surface area contributed by atoms with Crippen molar-refractivity contribution in [2.45, 2.75) is 6.61 Å². The van der Waals surface area contributed by atoms with Crippen LogP contribution in [0.15, 0.2) is 42.5 Å². The molecule has 0 spiro atoms. The minimum atomic E-state index is -0.561. The van der Waals surface area contributed by atoms with Gasteiger partial charge in [0.05, 0.1) is 11.3 Å². The molecule has 0 aliphatic rings. The summed E-state index contributed by atoms with van der Waals surface area (Å²) in [6.45, 7) is 0.118. The van der Waals surface area contributed by atoms with Gasteiger partial charge in [0.1, 0.15) is 12.4 Å². The third-order valence-corrected chi connectivity index (χ3v) is 2.77. The zero-order chi connectivity index (χ0) is 13.8. The van der Waals surface area contributed by atoms with Crippen LogP contribution >= 0.6 is 11.6 Å². The zero-order valence-corrected chi connectivity index (χ0v) is 10.7. The molecule has 2 aromatic carbocycles. The smallest absolute Gasteiger partial charge is 0.338 e. The Hall–Kier alpha value is -2.07. The van der Waals surface area contributed by atoms with Crippen molar-refractivity contribution < 1.29 is 13.9 Å². The van der Waals surface area contributed by atoms with Gasteiger partial charge in [0, 0.05) is 5.02 Å². The molecule has 0 aromatic heterocycles. The van der Waals surface area contributed by atoms with Crippen LogP contribution in [0.5, 0.6) is 0 Å². The average molecular weight is 280 g/mol. The molecule has 3 nitrogen and oxygen atoms in total. The van der Waals surface area contributed by atoms with Gasteiger partial charge in [0.2, 0.25) is 0 Å². The number of benzene rings is 2. The highest BCUT2D eigenvalue weighted by atomic mass is 35.5. The Morgan fingerprint density at radius 2 is 1.89 bits per heavy atom. The standard InChI is InChI=1S/C14H11ClFNO2/c15-11-4-1-9(2-5-11)8-19-14(18)10-3-6-12(16)13(17)7-10/h1-7H,8,17H2. The van der Waals surface area contributed by atoms with Gasteiger partial charge in [-0.05, 0) is 35.9 Å². The number of rotatable bonds is 3. The number of anilines is 1. The molecule has 0 heterocycles. The van der Waals surface area contributed by atoms with Gasteiger partial charge in [-0.1, -0.05) is 23.7 Å². The van der Waals surface area contributed by atoms with E-state index in [4.69, 9.17) is 22.1 Å². The van der Waals surface area contributed by atoms with Crippen LogP contribution < -0.4 is 5.73 Å². The molecule has 0 saturated heterocycles. The average Bonchev–Trinajstić information content (AvgIpc) is 2.41. The van der Waals surface area contributed by atoms with Gasteiger partial charge < -0.3 is 10.5 Å². The molecule has 19 heavy (non-hydrogen) atoms. The first-order valence-electron chi connectivity index (χ1n) is 5.53. The molecule has 0 fully saturated rings. The molecule has 0 radical (unpaired) electrons. The summed E-state index contributed by atoms with van der Waals surface area (Å²) in [6, 6.07) is 10.6. The monoisotopic (exact) mass is 279 g/mol. The van der Waals surface area contributed by atoms with Crippen molar-refractivity contribution in [1.82, 2.24) is 0 Å². The van der Waals surface area contributed by atoms with Crippen LogP contribution in [0.2, 0.25) is 5.02 Å². The molecule has 0 saturated carbocycles. The molecule has 0 amide bonds. The molecular formula is C14H11ClFNO2. The van der Waals surface area contributed by atoms with Gasteiger partial charge in [-0.25, -0.2) is 9.18 Å². The Morgan fingerprint density at radius 3 is 2.53 bits per heavy atom. The molecule has 98 valence electrons. The second-order valence-electron chi connectivity index (χ2n) is 3.94. The zero-order valence-electron chi connectivity index (χ0n) is 9.90. The van der Waals surface area contributed by atoms with E-state index in [-0.39, 0.29) is 17.9 Å². The van der Waals surface area contributed by atoms with Crippen molar-refractivity contribution in [3.8, 4) is 0 Å². The van der Waals surface area contributed by atoms with E-state index in [1.54, 1.807) is 24.3 Å². The highest BCUT2D eigenvalue weighted by Gasteiger charge is 2.09. The molecule has 2 N–H and O–H groups in total. The predicted molar refractivity (Wildman–Crippen MR) is 71.4 cm³/mol. The Kier molecular flexibility index (Phi) is 4.02.